The molecule has 0 saturated carbocycles. The Labute approximate surface area is 103 Å². The molecule has 1 aliphatic rings. The van der Waals surface area contributed by atoms with Crippen molar-refractivity contribution in [1.82, 2.24) is 0 Å². The Morgan fingerprint density at radius 2 is 1.88 bits per heavy atom. The summed E-state index contributed by atoms with van der Waals surface area (Å²) < 4.78 is 5.64. The first-order chi connectivity index (χ1) is 7.82. The van der Waals surface area contributed by atoms with Crippen LogP contribution in [-0.4, -0.2) is 40.4 Å². The quantitative estimate of drug-likeness (QED) is 0.778. The zero-order valence-electron chi connectivity index (χ0n) is 11.1. The van der Waals surface area contributed by atoms with Crippen LogP contribution in [0.4, 0.5) is 0 Å². The minimum atomic E-state index is -1.09. The Kier molecular flexibility index (Phi) is 5.10. The van der Waals surface area contributed by atoms with Gasteiger partial charge in [-0.3, -0.25) is 4.79 Å². The molecule has 100 valence electrons. The summed E-state index contributed by atoms with van der Waals surface area (Å²) >= 11 is 0. The predicted molar refractivity (Wildman–Crippen MR) is 64.6 cm³/mol. The van der Waals surface area contributed by atoms with Crippen molar-refractivity contribution in [2.75, 3.05) is 0 Å². The molecule has 0 aliphatic carbocycles. The minimum absolute atomic E-state index is 0.134. The summed E-state index contributed by atoms with van der Waals surface area (Å²) in [6, 6.07) is 0. The molecular formula is C13H24O4. The molecule has 4 heteroatoms. The van der Waals surface area contributed by atoms with Crippen molar-refractivity contribution in [3.63, 3.8) is 0 Å². The molecule has 0 radical (unpaired) electrons. The van der Waals surface area contributed by atoms with Crippen LogP contribution in [-0.2, 0) is 9.53 Å². The fourth-order valence-corrected chi connectivity index (χ4v) is 2.20. The van der Waals surface area contributed by atoms with Crippen LogP contribution in [0.2, 0.25) is 0 Å². The third-order valence-corrected chi connectivity index (χ3v) is 3.13. The standard InChI is InChI=1S/C13H24O4/c1-7(2)5-9-6-10(14)12(16)13(17-9)11(15)8(3)4/h7-10,12-14,16H,5-6H2,1-4H3/t9-,10?,12+,13?/m1/s1. The molecule has 2 N–H and O–H groups in total. The molecule has 1 saturated heterocycles. The van der Waals surface area contributed by atoms with Gasteiger partial charge in [-0.1, -0.05) is 27.7 Å². The third kappa shape index (κ3) is 3.76. The normalized spacial score (nSPS) is 34.4. The van der Waals surface area contributed by atoms with Gasteiger partial charge in [0, 0.05) is 12.3 Å². The topological polar surface area (TPSA) is 66.8 Å². The Bertz CT molecular complexity index is 262. The monoisotopic (exact) mass is 244 g/mol. The fraction of sp³-hybridized carbons (Fsp3) is 0.923. The summed E-state index contributed by atoms with van der Waals surface area (Å²) in [7, 11) is 0. The number of aliphatic hydroxyl groups excluding tert-OH is 2. The maximum Gasteiger partial charge on any atom is 0.166 e. The number of ketones is 1. The summed E-state index contributed by atoms with van der Waals surface area (Å²) in [5.74, 6) is 0.113. The highest BCUT2D eigenvalue weighted by Gasteiger charge is 2.41. The molecule has 1 rings (SSSR count). The van der Waals surface area contributed by atoms with E-state index in [4.69, 9.17) is 4.74 Å². The van der Waals surface area contributed by atoms with Gasteiger partial charge in [0.25, 0.3) is 0 Å². The number of Topliss-reactive ketones (excluding diaryl/α,β-unsaturated/α-hetero) is 1. The lowest BCUT2D eigenvalue weighted by atomic mass is 9.89. The summed E-state index contributed by atoms with van der Waals surface area (Å²) in [6.45, 7) is 7.69. The first kappa shape index (κ1) is 14.6. The number of carbonyl (C=O) groups excluding carboxylic acids is 1. The van der Waals surface area contributed by atoms with Crippen molar-refractivity contribution in [3.05, 3.63) is 0 Å². The maximum absolute atomic E-state index is 11.9. The molecule has 0 aromatic rings. The summed E-state index contributed by atoms with van der Waals surface area (Å²) in [5.41, 5.74) is 0. The number of hydrogen-bond acceptors (Lipinski definition) is 4. The van der Waals surface area contributed by atoms with E-state index < -0.39 is 18.3 Å². The predicted octanol–water partition coefficient (Wildman–Crippen LogP) is 1.14. The minimum Gasteiger partial charge on any atom is -0.390 e. The molecule has 4 atom stereocenters. The average molecular weight is 244 g/mol. The van der Waals surface area contributed by atoms with Crippen LogP contribution < -0.4 is 0 Å². The molecule has 0 aromatic heterocycles. The van der Waals surface area contributed by atoms with Crippen LogP contribution in [0.15, 0.2) is 0 Å². The number of hydrogen-bond donors (Lipinski definition) is 2. The van der Waals surface area contributed by atoms with E-state index in [2.05, 4.69) is 13.8 Å². The van der Waals surface area contributed by atoms with E-state index in [9.17, 15) is 15.0 Å². The maximum atomic E-state index is 11.9. The molecule has 0 bridgehead atoms. The van der Waals surface area contributed by atoms with E-state index in [1.54, 1.807) is 13.8 Å². The first-order valence-electron chi connectivity index (χ1n) is 6.38. The second-order valence-electron chi connectivity index (χ2n) is 5.66. The van der Waals surface area contributed by atoms with E-state index in [-0.39, 0.29) is 17.8 Å². The van der Waals surface area contributed by atoms with Gasteiger partial charge in [0.1, 0.15) is 12.2 Å². The number of ether oxygens (including phenoxy) is 1. The lowest BCUT2D eigenvalue weighted by Crippen LogP contribution is -2.53. The summed E-state index contributed by atoms with van der Waals surface area (Å²) in [6.07, 6.45) is -1.76. The van der Waals surface area contributed by atoms with Crippen LogP contribution in [0.5, 0.6) is 0 Å². The molecule has 0 spiro atoms. The molecule has 1 heterocycles. The van der Waals surface area contributed by atoms with Crippen molar-refractivity contribution in [2.45, 2.75) is 65.0 Å². The van der Waals surface area contributed by atoms with Gasteiger partial charge >= 0.3 is 0 Å². The van der Waals surface area contributed by atoms with Crippen LogP contribution in [0.3, 0.4) is 0 Å². The van der Waals surface area contributed by atoms with Crippen LogP contribution in [0, 0.1) is 11.8 Å². The van der Waals surface area contributed by atoms with E-state index in [0.717, 1.165) is 6.42 Å². The van der Waals surface area contributed by atoms with Gasteiger partial charge in [0.15, 0.2) is 5.78 Å². The van der Waals surface area contributed by atoms with Gasteiger partial charge < -0.3 is 14.9 Å². The van der Waals surface area contributed by atoms with Gasteiger partial charge in [-0.15, -0.1) is 0 Å². The van der Waals surface area contributed by atoms with Crippen molar-refractivity contribution >= 4 is 5.78 Å². The van der Waals surface area contributed by atoms with E-state index >= 15 is 0 Å². The lowest BCUT2D eigenvalue weighted by Gasteiger charge is -2.37. The summed E-state index contributed by atoms with van der Waals surface area (Å²) in [5, 5.41) is 19.6. The number of carbonyl (C=O) groups is 1. The second kappa shape index (κ2) is 5.94. The summed E-state index contributed by atoms with van der Waals surface area (Å²) in [4.78, 5) is 11.9. The molecule has 2 unspecified atom stereocenters. The average Bonchev–Trinajstić information content (AvgIpc) is 2.21. The number of aliphatic hydroxyl groups is 2. The highest BCUT2D eigenvalue weighted by Crippen LogP contribution is 2.26. The molecule has 0 aromatic carbocycles. The molecule has 1 fully saturated rings. The molecule has 17 heavy (non-hydrogen) atoms. The van der Waals surface area contributed by atoms with E-state index in [0.29, 0.717) is 12.3 Å². The lowest BCUT2D eigenvalue weighted by molar-refractivity contribution is -0.183. The zero-order chi connectivity index (χ0) is 13.2. The zero-order valence-corrected chi connectivity index (χ0v) is 11.1. The number of rotatable bonds is 4. The highest BCUT2D eigenvalue weighted by atomic mass is 16.5. The van der Waals surface area contributed by atoms with Gasteiger partial charge in [0.2, 0.25) is 0 Å². The Morgan fingerprint density at radius 3 is 2.35 bits per heavy atom. The Hall–Kier alpha value is -0.450. The van der Waals surface area contributed by atoms with Gasteiger partial charge in [-0.2, -0.15) is 0 Å². The van der Waals surface area contributed by atoms with Crippen molar-refractivity contribution in [3.8, 4) is 0 Å². The van der Waals surface area contributed by atoms with E-state index in [1.165, 1.54) is 0 Å². The van der Waals surface area contributed by atoms with Crippen molar-refractivity contribution < 1.29 is 19.7 Å². The largest absolute Gasteiger partial charge is 0.390 e. The van der Waals surface area contributed by atoms with Gasteiger partial charge in [-0.25, -0.2) is 0 Å². The fourth-order valence-electron chi connectivity index (χ4n) is 2.20. The van der Waals surface area contributed by atoms with E-state index in [1.807, 2.05) is 0 Å². The Balaban J connectivity index is 2.71. The molecule has 0 amide bonds. The molecular weight excluding hydrogens is 220 g/mol. The van der Waals surface area contributed by atoms with Crippen molar-refractivity contribution in [1.29, 1.82) is 0 Å². The van der Waals surface area contributed by atoms with Crippen LogP contribution in [0.1, 0.15) is 40.5 Å². The van der Waals surface area contributed by atoms with Gasteiger partial charge in [0.05, 0.1) is 12.2 Å². The second-order valence-corrected chi connectivity index (χ2v) is 5.66. The SMILES string of the molecule is CC(C)C[C@@H]1CC(O)[C@H](O)C(C(=O)C(C)C)O1. The molecule has 4 nitrogen and oxygen atoms in total. The van der Waals surface area contributed by atoms with Gasteiger partial charge in [-0.05, 0) is 12.3 Å². The van der Waals surface area contributed by atoms with Crippen LogP contribution in [0.25, 0.3) is 0 Å². The first-order valence-corrected chi connectivity index (χ1v) is 6.38. The third-order valence-electron chi connectivity index (χ3n) is 3.13. The van der Waals surface area contributed by atoms with Crippen LogP contribution >= 0.6 is 0 Å². The molecule has 1 aliphatic heterocycles. The smallest absolute Gasteiger partial charge is 0.166 e. The Morgan fingerprint density at radius 1 is 1.29 bits per heavy atom. The van der Waals surface area contributed by atoms with Crippen molar-refractivity contribution in [2.24, 2.45) is 11.8 Å². The highest BCUT2D eigenvalue weighted by molar-refractivity contribution is 5.85.